The number of anilines is 1. The molecule has 0 aromatic carbocycles. The van der Waals surface area contributed by atoms with Crippen LogP contribution < -0.4 is 16.0 Å². The van der Waals surface area contributed by atoms with Crippen LogP contribution in [0.2, 0.25) is 0 Å². The summed E-state index contributed by atoms with van der Waals surface area (Å²) in [7, 11) is 1.59. The molecule has 0 amide bonds. The number of thioether (sulfide) groups is 1. The number of unbranched alkanes of at least 4 members (excludes halogenated alkanes) is 1. The summed E-state index contributed by atoms with van der Waals surface area (Å²) in [6.45, 7) is 2.16. The summed E-state index contributed by atoms with van der Waals surface area (Å²) in [6, 6.07) is 0. The van der Waals surface area contributed by atoms with Crippen molar-refractivity contribution in [3.8, 4) is 5.75 Å². The monoisotopic (exact) mass is 228 g/mol. The number of rotatable bonds is 6. The van der Waals surface area contributed by atoms with E-state index in [-0.39, 0.29) is 0 Å². The maximum atomic E-state index is 5.32. The predicted molar refractivity (Wildman–Crippen MR) is 62.0 cm³/mol. The third-order valence-electron chi connectivity index (χ3n) is 1.85. The predicted octanol–water partition coefficient (Wildman–Crippen LogP) is 1.66. The van der Waals surface area contributed by atoms with Gasteiger partial charge in [-0.3, -0.25) is 0 Å². The Hall–Kier alpha value is -1.01. The van der Waals surface area contributed by atoms with Crippen molar-refractivity contribution in [1.82, 2.24) is 9.97 Å². The fraction of sp³-hybridized carbons (Fsp3) is 0.556. The van der Waals surface area contributed by atoms with Gasteiger partial charge in [-0.1, -0.05) is 13.3 Å². The van der Waals surface area contributed by atoms with E-state index in [1.54, 1.807) is 18.9 Å². The summed E-state index contributed by atoms with van der Waals surface area (Å²) in [5.74, 6) is 7.47. The fourth-order valence-corrected chi connectivity index (χ4v) is 2.12. The molecule has 0 saturated carbocycles. The number of ether oxygens (including phenoxy) is 1. The maximum absolute atomic E-state index is 5.32. The highest BCUT2D eigenvalue weighted by molar-refractivity contribution is 7.99. The Morgan fingerprint density at radius 3 is 2.93 bits per heavy atom. The third-order valence-corrected chi connectivity index (χ3v) is 2.91. The lowest BCUT2D eigenvalue weighted by Gasteiger charge is -2.09. The SMILES string of the molecule is CCCCSc1ncnc(NN)c1OC. The average Bonchev–Trinajstić information content (AvgIpc) is 2.29. The largest absolute Gasteiger partial charge is 0.490 e. The first kappa shape index (κ1) is 12.1. The van der Waals surface area contributed by atoms with Gasteiger partial charge in [0.2, 0.25) is 0 Å². The number of hydrazine groups is 1. The second-order valence-corrected chi connectivity index (χ2v) is 3.99. The first-order valence-corrected chi connectivity index (χ1v) is 5.80. The summed E-state index contributed by atoms with van der Waals surface area (Å²) >= 11 is 1.65. The van der Waals surface area contributed by atoms with Crippen molar-refractivity contribution in [2.75, 3.05) is 18.3 Å². The Morgan fingerprint density at radius 1 is 1.53 bits per heavy atom. The fourth-order valence-electron chi connectivity index (χ4n) is 1.06. The summed E-state index contributed by atoms with van der Waals surface area (Å²) < 4.78 is 5.21. The number of nitrogen functional groups attached to an aromatic ring is 1. The maximum Gasteiger partial charge on any atom is 0.195 e. The Balaban J connectivity index is 2.76. The molecule has 0 fully saturated rings. The number of methoxy groups -OCH3 is 1. The van der Waals surface area contributed by atoms with Crippen molar-refractivity contribution in [2.45, 2.75) is 24.8 Å². The number of nitrogens with one attached hydrogen (secondary N) is 1. The van der Waals surface area contributed by atoms with Crippen molar-refractivity contribution in [3.63, 3.8) is 0 Å². The molecular formula is C9H16N4OS. The van der Waals surface area contributed by atoms with Gasteiger partial charge >= 0.3 is 0 Å². The van der Waals surface area contributed by atoms with Gasteiger partial charge in [0.25, 0.3) is 0 Å². The van der Waals surface area contributed by atoms with Gasteiger partial charge in [-0.25, -0.2) is 15.8 Å². The Morgan fingerprint density at radius 2 is 2.33 bits per heavy atom. The topological polar surface area (TPSA) is 73.1 Å². The normalized spacial score (nSPS) is 10.1. The van der Waals surface area contributed by atoms with Crippen LogP contribution in [0.3, 0.4) is 0 Å². The van der Waals surface area contributed by atoms with Crippen LogP contribution in [0, 0.1) is 0 Å². The van der Waals surface area contributed by atoms with Gasteiger partial charge in [-0.2, -0.15) is 0 Å². The molecule has 1 aromatic rings. The van der Waals surface area contributed by atoms with E-state index in [0.29, 0.717) is 11.6 Å². The Bertz CT molecular complexity index is 308. The van der Waals surface area contributed by atoms with Crippen molar-refractivity contribution < 1.29 is 4.74 Å². The number of nitrogens with zero attached hydrogens (tertiary/aromatic N) is 2. The first-order chi connectivity index (χ1) is 7.33. The Labute approximate surface area is 93.8 Å². The molecule has 0 aliphatic heterocycles. The highest BCUT2D eigenvalue weighted by Gasteiger charge is 2.10. The van der Waals surface area contributed by atoms with Crippen LogP contribution in [0.25, 0.3) is 0 Å². The summed E-state index contributed by atoms with van der Waals surface area (Å²) in [4.78, 5) is 8.13. The average molecular weight is 228 g/mol. The van der Waals surface area contributed by atoms with Crippen molar-refractivity contribution in [2.24, 2.45) is 5.84 Å². The Kier molecular flexibility index (Phi) is 5.20. The van der Waals surface area contributed by atoms with Gasteiger partial charge in [0.15, 0.2) is 11.6 Å². The van der Waals surface area contributed by atoms with Gasteiger partial charge in [-0.05, 0) is 12.2 Å². The molecule has 0 atom stereocenters. The van der Waals surface area contributed by atoms with Gasteiger partial charge < -0.3 is 10.2 Å². The van der Waals surface area contributed by atoms with E-state index in [2.05, 4.69) is 22.3 Å². The molecule has 15 heavy (non-hydrogen) atoms. The zero-order chi connectivity index (χ0) is 11.1. The number of hydrogen-bond acceptors (Lipinski definition) is 6. The van der Waals surface area contributed by atoms with Gasteiger partial charge in [0, 0.05) is 0 Å². The number of aromatic nitrogens is 2. The summed E-state index contributed by atoms with van der Waals surface area (Å²) in [6.07, 6.45) is 3.80. The second kappa shape index (κ2) is 6.47. The zero-order valence-electron chi connectivity index (χ0n) is 8.99. The number of nitrogens with two attached hydrogens (primary N) is 1. The van der Waals surface area contributed by atoms with Crippen LogP contribution in [-0.4, -0.2) is 22.8 Å². The molecule has 0 unspecified atom stereocenters. The highest BCUT2D eigenvalue weighted by atomic mass is 32.2. The molecule has 0 spiro atoms. The lowest BCUT2D eigenvalue weighted by Crippen LogP contribution is -2.10. The van der Waals surface area contributed by atoms with E-state index < -0.39 is 0 Å². The molecule has 5 nitrogen and oxygen atoms in total. The minimum Gasteiger partial charge on any atom is -0.490 e. The quantitative estimate of drug-likeness (QED) is 0.254. The molecule has 84 valence electrons. The summed E-state index contributed by atoms with van der Waals surface area (Å²) in [5, 5.41) is 0.828. The second-order valence-electron chi connectivity index (χ2n) is 2.91. The molecule has 3 N–H and O–H groups in total. The molecule has 6 heteroatoms. The van der Waals surface area contributed by atoms with Crippen LogP contribution in [0.5, 0.6) is 5.75 Å². The van der Waals surface area contributed by atoms with E-state index in [1.807, 2.05) is 0 Å². The molecule has 0 saturated heterocycles. The van der Waals surface area contributed by atoms with Crippen molar-refractivity contribution in [1.29, 1.82) is 0 Å². The molecule has 1 aromatic heterocycles. The van der Waals surface area contributed by atoms with Crippen LogP contribution in [0.4, 0.5) is 5.82 Å². The minimum absolute atomic E-state index is 0.520. The smallest absolute Gasteiger partial charge is 0.195 e. The summed E-state index contributed by atoms with van der Waals surface area (Å²) in [5.41, 5.74) is 2.49. The van der Waals surface area contributed by atoms with Crippen molar-refractivity contribution in [3.05, 3.63) is 6.33 Å². The van der Waals surface area contributed by atoms with E-state index in [4.69, 9.17) is 10.6 Å². The lowest BCUT2D eigenvalue weighted by atomic mass is 10.4. The van der Waals surface area contributed by atoms with Gasteiger partial charge in [0.05, 0.1) is 7.11 Å². The van der Waals surface area contributed by atoms with E-state index >= 15 is 0 Å². The molecule has 1 heterocycles. The molecule has 1 rings (SSSR count). The lowest BCUT2D eigenvalue weighted by molar-refractivity contribution is 0.400. The molecule has 0 bridgehead atoms. The van der Waals surface area contributed by atoms with Gasteiger partial charge in [0.1, 0.15) is 11.4 Å². The van der Waals surface area contributed by atoms with E-state index in [1.165, 1.54) is 12.7 Å². The zero-order valence-corrected chi connectivity index (χ0v) is 9.80. The van der Waals surface area contributed by atoms with Crippen LogP contribution in [-0.2, 0) is 0 Å². The van der Waals surface area contributed by atoms with Gasteiger partial charge in [-0.15, -0.1) is 11.8 Å². The molecular weight excluding hydrogens is 212 g/mol. The molecule has 0 aliphatic rings. The molecule has 0 aliphatic carbocycles. The first-order valence-electron chi connectivity index (χ1n) is 4.81. The van der Waals surface area contributed by atoms with Crippen LogP contribution in [0.1, 0.15) is 19.8 Å². The minimum atomic E-state index is 0.520. The highest BCUT2D eigenvalue weighted by Crippen LogP contribution is 2.32. The van der Waals surface area contributed by atoms with E-state index in [0.717, 1.165) is 17.2 Å². The molecule has 0 radical (unpaired) electrons. The van der Waals surface area contributed by atoms with E-state index in [9.17, 15) is 0 Å². The number of hydrogen-bond donors (Lipinski definition) is 2. The van der Waals surface area contributed by atoms with Crippen LogP contribution in [0.15, 0.2) is 11.4 Å². The van der Waals surface area contributed by atoms with Crippen LogP contribution >= 0.6 is 11.8 Å². The third kappa shape index (κ3) is 3.24. The standard InChI is InChI=1S/C9H16N4OS/c1-3-4-5-15-9-7(14-2)8(13-10)11-6-12-9/h6H,3-5,10H2,1-2H3,(H,11,12,13). The van der Waals surface area contributed by atoms with Crippen molar-refractivity contribution >= 4 is 17.6 Å².